The highest BCUT2D eigenvalue weighted by molar-refractivity contribution is 7.98. The van der Waals surface area contributed by atoms with E-state index in [0.29, 0.717) is 13.1 Å². The summed E-state index contributed by atoms with van der Waals surface area (Å²) in [6.45, 7) is 10.2. The van der Waals surface area contributed by atoms with Crippen molar-refractivity contribution < 1.29 is 9.53 Å². The topological polar surface area (TPSA) is 47.4 Å². The van der Waals surface area contributed by atoms with Crippen LogP contribution in [0.2, 0.25) is 5.02 Å². The zero-order valence-electron chi connectivity index (χ0n) is 21.7. The normalized spacial score (nSPS) is 13.9. The molecule has 0 bridgehead atoms. The van der Waals surface area contributed by atoms with Crippen molar-refractivity contribution in [1.82, 2.24) is 14.7 Å². The van der Waals surface area contributed by atoms with Crippen molar-refractivity contribution in [3.8, 4) is 11.3 Å². The third-order valence-electron chi connectivity index (χ3n) is 6.26. The molecule has 0 saturated heterocycles. The zero-order valence-corrected chi connectivity index (χ0v) is 23.3. The fourth-order valence-electron chi connectivity index (χ4n) is 4.31. The summed E-state index contributed by atoms with van der Waals surface area (Å²) >= 11 is 8.45. The molecule has 3 aromatic rings. The van der Waals surface area contributed by atoms with Gasteiger partial charge in [0, 0.05) is 42.0 Å². The van der Waals surface area contributed by atoms with E-state index in [4.69, 9.17) is 21.4 Å². The fourth-order valence-corrected chi connectivity index (χ4v) is 5.77. The van der Waals surface area contributed by atoms with Crippen LogP contribution in [0.25, 0.3) is 11.3 Å². The molecule has 0 saturated carbocycles. The maximum absolute atomic E-state index is 12.6. The first kappa shape index (κ1) is 26.6. The number of ether oxygens (including phenoxy) is 1. The number of thioether (sulfide) groups is 1. The number of fused-ring (bicyclic) bond motifs is 1. The number of unbranched alkanes of at least 4 members (excludes halogenated alkanes) is 1. The van der Waals surface area contributed by atoms with Gasteiger partial charge in [0.05, 0.1) is 10.7 Å². The van der Waals surface area contributed by atoms with E-state index in [2.05, 4.69) is 49.5 Å². The third-order valence-corrected chi connectivity index (χ3v) is 7.92. The van der Waals surface area contributed by atoms with E-state index in [9.17, 15) is 4.79 Å². The van der Waals surface area contributed by atoms with Crippen molar-refractivity contribution in [2.75, 3.05) is 13.1 Å². The molecule has 1 amide bonds. The van der Waals surface area contributed by atoms with Gasteiger partial charge >= 0.3 is 6.09 Å². The Morgan fingerprint density at radius 1 is 1.08 bits per heavy atom. The molecule has 0 unspecified atom stereocenters. The van der Waals surface area contributed by atoms with Gasteiger partial charge in [-0.3, -0.25) is 4.68 Å². The van der Waals surface area contributed by atoms with Gasteiger partial charge in [0.2, 0.25) is 0 Å². The number of nitrogens with zero attached hydrogens (tertiary/aromatic N) is 3. The Labute approximate surface area is 224 Å². The van der Waals surface area contributed by atoms with Gasteiger partial charge in [-0.1, -0.05) is 55.3 Å². The van der Waals surface area contributed by atoms with Crippen LogP contribution in [0.4, 0.5) is 4.79 Å². The number of halogens is 1. The Bertz CT molecular complexity index is 1180. The number of carbonyl (C=O) groups is 1. The lowest BCUT2D eigenvalue weighted by Crippen LogP contribution is -2.38. The van der Waals surface area contributed by atoms with Crippen LogP contribution in [0.5, 0.6) is 0 Å². The standard InChI is InChI=1S/C29H36ClN3O2S/c1-5-6-16-33-19-15-26(31-33)23-9-7-21(8-10-23)20-36-27-24-14-18-32(28(34)35-29(2,3)4)17-13-22(24)11-12-25(27)30/h7-12,15,19H,5-6,13-14,16-18,20H2,1-4H3. The molecule has 5 nitrogen and oxygen atoms in total. The van der Waals surface area contributed by atoms with Gasteiger partial charge in [0.15, 0.2) is 0 Å². The molecular formula is C29H36ClN3O2S. The molecule has 1 aliphatic heterocycles. The summed E-state index contributed by atoms with van der Waals surface area (Å²) in [6.07, 6.45) is 5.70. The van der Waals surface area contributed by atoms with E-state index >= 15 is 0 Å². The highest BCUT2D eigenvalue weighted by atomic mass is 35.5. The number of amides is 1. The Kier molecular flexibility index (Phi) is 8.68. The van der Waals surface area contributed by atoms with Crippen molar-refractivity contribution in [1.29, 1.82) is 0 Å². The van der Waals surface area contributed by atoms with Crippen molar-refractivity contribution in [2.45, 2.75) is 76.2 Å². The molecule has 1 aliphatic rings. The summed E-state index contributed by atoms with van der Waals surface area (Å²) < 4.78 is 7.62. The molecule has 0 fully saturated rings. The molecule has 2 heterocycles. The molecule has 36 heavy (non-hydrogen) atoms. The predicted octanol–water partition coefficient (Wildman–Crippen LogP) is 7.63. The maximum Gasteiger partial charge on any atom is 0.410 e. The van der Waals surface area contributed by atoms with E-state index in [-0.39, 0.29) is 6.09 Å². The maximum atomic E-state index is 12.6. The SMILES string of the molecule is CCCCn1ccc(-c2ccc(CSc3c(Cl)ccc4c3CCN(C(=O)OC(C)(C)C)CC4)cc2)n1. The first-order chi connectivity index (χ1) is 17.2. The largest absolute Gasteiger partial charge is 0.444 e. The Balaban J connectivity index is 1.42. The number of benzene rings is 2. The van der Waals surface area contributed by atoms with E-state index in [1.54, 1.807) is 11.8 Å². The fraction of sp³-hybridized carbons (Fsp3) is 0.448. The molecular weight excluding hydrogens is 490 g/mol. The molecule has 1 aromatic heterocycles. The van der Waals surface area contributed by atoms with Crippen LogP contribution in [0.3, 0.4) is 0 Å². The number of rotatable bonds is 7. The lowest BCUT2D eigenvalue weighted by atomic mass is 10.0. The van der Waals surface area contributed by atoms with Gasteiger partial charge in [-0.2, -0.15) is 5.10 Å². The second kappa shape index (κ2) is 11.7. The van der Waals surface area contributed by atoms with Crippen molar-refractivity contribution in [3.05, 3.63) is 70.4 Å². The van der Waals surface area contributed by atoms with Crippen molar-refractivity contribution >= 4 is 29.5 Å². The van der Waals surface area contributed by atoms with Crippen LogP contribution in [0, 0.1) is 0 Å². The molecule has 0 spiro atoms. The summed E-state index contributed by atoms with van der Waals surface area (Å²) in [5.41, 5.74) is 5.41. The molecule has 2 aromatic carbocycles. The first-order valence-electron chi connectivity index (χ1n) is 12.8. The average molecular weight is 526 g/mol. The second-order valence-corrected chi connectivity index (χ2v) is 11.7. The Morgan fingerprint density at radius 2 is 1.83 bits per heavy atom. The van der Waals surface area contributed by atoms with Gasteiger partial charge in [0.25, 0.3) is 0 Å². The number of aryl methyl sites for hydroxylation is 1. The van der Waals surface area contributed by atoms with Crippen LogP contribution >= 0.6 is 23.4 Å². The first-order valence-corrected chi connectivity index (χ1v) is 14.1. The quantitative estimate of drug-likeness (QED) is 0.297. The summed E-state index contributed by atoms with van der Waals surface area (Å²) in [5, 5.41) is 5.48. The molecule has 0 radical (unpaired) electrons. The van der Waals surface area contributed by atoms with E-state index in [0.717, 1.165) is 59.2 Å². The summed E-state index contributed by atoms with van der Waals surface area (Å²) in [7, 11) is 0. The highest BCUT2D eigenvalue weighted by Crippen LogP contribution is 2.37. The van der Waals surface area contributed by atoms with Crippen LogP contribution < -0.4 is 0 Å². The zero-order chi connectivity index (χ0) is 25.7. The Hall–Kier alpha value is -2.44. The average Bonchev–Trinajstić information content (AvgIpc) is 3.20. The second-order valence-electron chi connectivity index (χ2n) is 10.3. The lowest BCUT2D eigenvalue weighted by Gasteiger charge is -2.26. The minimum atomic E-state index is -0.495. The smallest absolute Gasteiger partial charge is 0.410 e. The van der Waals surface area contributed by atoms with E-state index in [1.165, 1.54) is 16.7 Å². The molecule has 0 aliphatic carbocycles. The molecule has 0 N–H and O–H groups in total. The van der Waals surface area contributed by atoms with Gasteiger partial charge in [0.1, 0.15) is 5.60 Å². The number of carbonyl (C=O) groups excluding carboxylic acids is 1. The monoisotopic (exact) mass is 525 g/mol. The van der Waals surface area contributed by atoms with Crippen molar-refractivity contribution in [2.24, 2.45) is 0 Å². The molecule has 4 rings (SSSR count). The number of hydrogen-bond acceptors (Lipinski definition) is 4. The third kappa shape index (κ3) is 6.86. The van der Waals surface area contributed by atoms with Crippen LogP contribution in [0.1, 0.15) is 57.2 Å². The molecule has 192 valence electrons. The van der Waals surface area contributed by atoms with Crippen molar-refractivity contribution in [3.63, 3.8) is 0 Å². The van der Waals surface area contributed by atoms with Gasteiger partial charge < -0.3 is 9.64 Å². The molecule has 7 heteroatoms. The summed E-state index contributed by atoms with van der Waals surface area (Å²) in [5.74, 6) is 0.831. The van der Waals surface area contributed by atoms with Crippen LogP contribution in [0.15, 0.2) is 53.6 Å². The number of hydrogen-bond donors (Lipinski definition) is 0. The summed E-state index contributed by atoms with van der Waals surface area (Å²) in [4.78, 5) is 15.6. The minimum absolute atomic E-state index is 0.245. The van der Waals surface area contributed by atoms with Crippen LogP contribution in [-0.2, 0) is 29.9 Å². The highest BCUT2D eigenvalue weighted by Gasteiger charge is 2.25. The molecule has 0 atom stereocenters. The van der Waals surface area contributed by atoms with E-state index < -0.39 is 5.60 Å². The number of aromatic nitrogens is 2. The minimum Gasteiger partial charge on any atom is -0.444 e. The van der Waals surface area contributed by atoms with E-state index in [1.807, 2.05) is 36.4 Å². The van der Waals surface area contributed by atoms with Crippen LogP contribution in [-0.4, -0.2) is 39.5 Å². The Morgan fingerprint density at radius 3 is 2.56 bits per heavy atom. The van der Waals surface area contributed by atoms with Gasteiger partial charge in [-0.15, -0.1) is 11.8 Å². The van der Waals surface area contributed by atoms with Gasteiger partial charge in [-0.05, 0) is 68.9 Å². The lowest BCUT2D eigenvalue weighted by molar-refractivity contribution is 0.0258. The summed E-state index contributed by atoms with van der Waals surface area (Å²) in [6, 6.07) is 14.8. The predicted molar refractivity (Wildman–Crippen MR) is 149 cm³/mol. The van der Waals surface area contributed by atoms with Gasteiger partial charge in [-0.25, -0.2) is 4.79 Å².